The first kappa shape index (κ1) is 21.7. The van der Waals surface area contributed by atoms with Crippen molar-refractivity contribution in [2.24, 2.45) is 0 Å². The fraction of sp³-hybridized carbons (Fsp3) is 0.591. The van der Waals surface area contributed by atoms with Crippen LogP contribution in [0.1, 0.15) is 69.6 Å². The molecule has 0 N–H and O–H groups in total. The Labute approximate surface area is 164 Å². The fourth-order valence-corrected chi connectivity index (χ4v) is 4.40. The molecule has 1 heterocycles. The average molecular weight is 392 g/mol. The van der Waals surface area contributed by atoms with Crippen molar-refractivity contribution in [3.8, 4) is 11.3 Å². The highest BCUT2D eigenvalue weighted by Crippen LogP contribution is 2.28. The van der Waals surface area contributed by atoms with Crippen molar-refractivity contribution < 1.29 is 12.8 Å². The molecule has 0 aliphatic rings. The van der Waals surface area contributed by atoms with E-state index in [-0.39, 0.29) is 0 Å². The van der Waals surface area contributed by atoms with Gasteiger partial charge in [-0.05, 0) is 70.6 Å². The van der Waals surface area contributed by atoms with Gasteiger partial charge in [0, 0.05) is 5.56 Å². The van der Waals surface area contributed by atoms with Gasteiger partial charge < -0.3 is 4.42 Å². The Balaban J connectivity index is 1.76. The summed E-state index contributed by atoms with van der Waals surface area (Å²) in [5.74, 6) is 1.12. The zero-order valence-electron chi connectivity index (χ0n) is 17.3. The van der Waals surface area contributed by atoms with Gasteiger partial charge in [-0.3, -0.25) is 0 Å². The van der Waals surface area contributed by atoms with Gasteiger partial charge in [0.2, 0.25) is 0 Å². The van der Waals surface area contributed by atoms with Crippen LogP contribution in [0.5, 0.6) is 0 Å². The lowest BCUT2D eigenvalue weighted by atomic mass is 9.94. The lowest BCUT2D eigenvalue weighted by Crippen LogP contribution is -2.30. The second-order valence-corrected chi connectivity index (χ2v) is 11.2. The number of aryl methyl sites for hydroxylation is 1. The zero-order chi connectivity index (χ0) is 20.1. The second-order valence-electron chi connectivity index (χ2n) is 8.34. The van der Waals surface area contributed by atoms with Crippen molar-refractivity contribution in [1.82, 2.24) is 4.98 Å². The number of nitrogens with zero attached hydrogens (tertiary/aromatic N) is 1. The molecule has 4 nitrogen and oxygen atoms in total. The van der Waals surface area contributed by atoms with Crippen molar-refractivity contribution in [2.45, 2.75) is 77.9 Å². The Morgan fingerprint density at radius 3 is 2.26 bits per heavy atom. The third-order valence-corrected chi connectivity index (χ3v) is 8.08. The summed E-state index contributed by atoms with van der Waals surface area (Å²) in [6.07, 6.45) is 9.39. The van der Waals surface area contributed by atoms with Crippen LogP contribution in [-0.4, -0.2) is 23.9 Å². The van der Waals surface area contributed by atoms with E-state index in [9.17, 15) is 8.42 Å². The molecule has 0 aliphatic heterocycles. The van der Waals surface area contributed by atoms with Crippen molar-refractivity contribution in [3.63, 3.8) is 0 Å². The van der Waals surface area contributed by atoms with Crippen LogP contribution in [0.15, 0.2) is 29.1 Å². The van der Waals surface area contributed by atoms with Crippen molar-refractivity contribution >= 4 is 9.84 Å². The summed E-state index contributed by atoms with van der Waals surface area (Å²) in [5.41, 5.74) is 5.05. The zero-order valence-corrected chi connectivity index (χ0v) is 18.2. The minimum absolute atomic E-state index is 0.303. The molecule has 150 valence electrons. The summed E-state index contributed by atoms with van der Waals surface area (Å²) in [7, 11) is -2.98. The highest BCUT2D eigenvalue weighted by molar-refractivity contribution is 7.92. The van der Waals surface area contributed by atoms with E-state index in [2.05, 4.69) is 31.0 Å². The number of benzene rings is 1. The highest BCUT2D eigenvalue weighted by Gasteiger charge is 2.27. The number of aromatic nitrogens is 1. The predicted octanol–water partition coefficient (Wildman–Crippen LogP) is 5.66. The van der Waals surface area contributed by atoms with Crippen LogP contribution in [0.3, 0.4) is 0 Å². The fourth-order valence-electron chi connectivity index (χ4n) is 3.21. The standard InChI is InChI=1S/C22H33NO3S/c1-17-18(2)20(21-15-23-16-26-21)13-12-19(17)11-9-7-6-8-10-14-27(24,25)22(3,4)5/h12-13,15-16H,6-11,14H2,1-5H3. The average Bonchev–Trinajstić information content (AvgIpc) is 3.11. The Bertz CT molecular complexity index is 831. The molecule has 0 fully saturated rings. The summed E-state index contributed by atoms with van der Waals surface area (Å²) in [5, 5.41) is 0. The molecule has 0 amide bonds. The van der Waals surface area contributed by atoms with Crippen molar-refractivity contribution in [3.05, 3.63) is 41.4 Å². The molecule has 0 saturated heterocycles. The second kappa shape index (κ2) is 9.05. The molecule has 0 radical (unpaired) electrons. The number of hydrogen-bond donors (Lipinski definition) is 0. The molecular weight excluding hydrogens is 358 g/mol. The number of oxazole rings is 1. The minimum atomic E-state index is -2.98. The molecule has 0 bridgehead atoms. The van der Waals surface area contributed by atoms with Crippen molar-refractivity contribution in [2.75, 3.05) is 5.75 Å². The molecule has 2 aromatic rings. The van der Waals surface area contributed by atoms with E-state index in [0.29, 0.717) is 5.75 Å². The normalized spacial score (nSPS) is 12.5. The van der Waals surface area contributed by atoms with E-state index in [1.807, 2.05) is 0 Å². The minimum Gasteiger partial charge on any atom is -0.444 e. The Morgan fingerprint density at radius 2 is 1.63 bits per heavy atom. The first-order valence-corrected chi connectivity index (χ1v) is 11.5. The van der Waals surface area contributed by atoms with Crippen LogP contribution in [0, 0.1) is 13.8 Å². The maximum absolute atomic E-state index is 12.1. The molecule has 1 aromatic carbocycles. The van der Waals surface area contributed by atoms with Crippen molar-refractivity contribution in [1.29, 1.82) is 0 Å². The van der Waals surface area contributed by atoms with Gasteiger partial charge in [0.25, 0.3) is 0 Å². The molecule has 5 heteroatoms. The van der Waals surface area contributed by atoms with Crippen LogP contribution in [0.4, 0.5) is 0 Å². The number of hydrogen-bond acceptors (Lipinski definition) is 4. The summed E-state index contributed by atoms with van der Waals surface area (Å²) in [4.78, 5) is 4.00. The van der Waals surface area contributed by atoms with Gasteiger partial charge in [-0.2, -0.15) is 0 Å². The maximum atomic E-state index is 12.1. The van der Waals surface area contributed by atoms with Gasteiger partial charge in [-0.25, -0.2) is 13.4 Å². The Morgan fingerprint density at radius 1 is 0.963 bits per heavy atom. The van der Waals surface area contributed by atoms with E-state index in [1.54, 1.807) is 27.0 Å². The summed E-state index contributed by atoms with van der Waals surface area (Å²) >= 11 is 0. The summed E-state index contributed by atoms with van der Waals surface area (Å²) in [6, 6.07) is 4.31. The van der Waals surface area contributed by atoms with Crippen LogP contribution in [0.2, 0.25) is 0 Å². The van der Waals surface area contributed by atoms with Gasteiger partial charge in [-0.15, -0.1) is 0 Å². The quantitative estimate of drug-likeness (QED) is 0.517. The van der Waals surface area contributed by atoms with Gasteiger partial charge in [0.1, 0.15) is 0 Å². The van der Waals surface area contributed by atoms with E-state index in [4.69, 9.17) is 4.42 Å². The number of rotatable bonds is 9. The first-order valence-electron chi connectivity index (χ1n) is 9.84. The number of sulfone groups is 1. The van der Waals surface area contributed by atoms with Crippen LogP contribution in [0.25, 0.3) is 11.3 Å². The molecule has 1 aromatic heterocycles. The number of unbranched alkanes of at least 4 members (excludes halogenated alkanes) is 4. The third kappa shape index (κ3) is 5.68. The van der Waals surface area contributed by atoms with E-state index < -0.39 is 14.6 Å². The summed E-state index contributed by atoms with van der Waals surface area (Å²) < 4.78 is 29.0. The predicted molar refractivity (Wildman–Crippen MR) is 112 cm³/mol. The summed E-state index contributed by atoms with van der Waals surface area (Å²) in [6.45, 7) is 9.63. The molecule has 27 heavy (non-hydrogen) atoms. The largest absolute Gasteiger partial charge is 0.444 e. The maximum Gasteiger partial charge on any atom is 0.181 e. The molecule has 0 aliphatic carbocycles. The topological polar surface area (TPSA) is 60.2 Å². The third-order valence-electron chi connectivity index (χ3n) is 5.39. The van der Waals surface area contributed by atoms with Gasteiger partial charge >= 0.3 is 0 Å². The lowest BCUT2D eigenvalue weighted by Gasteiger charge is -2.18. The SMILES string of the molecule is Cc1c(CCCCCCCS(=O)(=O)C(C)(C)C)ccc(-c2cnco2)c1C. The van der Waals surface area contributed by atoms with E-state index >= 15 is 0 Å². The molecule has 0 atom stereocenters. The highest BCUT2D eigenvalue weighted by atomic mass is 32.2. The molecular formula is C22H33NO3S. The lowest BCUT2D eigenvalue weighted by molar-refractivity contribution is 0.552. The van der Waals surface area contributed by atoms with E-state index in [0.717, 1.165) is 49.8 Å². The van der Waals surface area contributed by atoms with Crippen LogP contribution >= 0.6 is 0 Å². The Hall–Kier alpha value is -1.62. The van der Waals surface area contributed by atoms with Gasteiger partial charge in [-0.1, -0.05) is 31.4 Å². The van der Waals surface area contributed by atoms with E-state index in [1.165, 1.54) is 23.1 Å². The van der Waals surface area contributed by atoms with Crippen LogP contribution < -0.4 is 0 Å². The molecule has 0 spiro atoms. The van der Waals surface area contributed by atoms with Crippen LogP contribution in [-0.2, 0) is 16.3 Å². The smallest absolute Gasteiger partial charge is 0.181 e. The molecule has 0 unspecified atom stereocenters. The van der Waals surface area contributed by atoms with Gasteiger partial charge in [0.05, 0.1) is 16.7 Å². The first-order chi connectivity index (χ1) is 12.6. The molecule has 0 saturated carbocycles. The monoisotopic (exact) mass is 391 g/mol. The molecule has 2 rings (SSSR count). The van der Waals surface area contributed by atoms with Gasteiger partial charge in [0.15, 0.2) is 22.0 Å². The Kier molecular flexibility index (Phi) is 7.26.